The van der Waals surface area contributed by atoms with Gasteiger partial charge >= 0.3 is 5.69 Å². The van der Waals surface area contributed by atoms with Gasteiger partial charge in [-0.15, -0.1) is 0 Å². The molecule has 0 amide bonds. The Bertz CT molecular complexity index is 575. The molecule has 134 valence electrons. The van der Waals surface area contributed by atoms with Gasteiger partial charge in [0.25, 0.3) is 0 Å². The van der Waals surface area contributed by atoms with Gasteiger partial charge in [-0.25, -0.2) is 4.68 Å². The second-order valence-electron chi connectivity index (χ2n) is 6.49. The zero-order valence-corrected chi connectivity index (χ0v) is 14.4. The largest absolute Gasteiger partial charge is 0.381 e. The lowest BCUT2D eigenvalue weighted by molar-refractivity contribution is -0.384. The minimum Gasteiger partial charge on any atom is -0.381 e. The molecule has 2 saturated heterocycles. The highest BCUT2D eigenvalue weighted by atomic mass is 16.6. The summed E-state index contributed by atoms with van der Waals surface area (Å²) in [6.07, 6.45) is 4.81. The van der Waals surface area contributed by atoms with Crippen LogP contribution in [0.1, 0.15) is 38.3 Å². The molecule has 24 heavy (non-hydrogen) atoms. The number of hydrogen-bond acceptors (Lipinski definition) is 6. The van der Waals surface area contributed by atoms with E-state index < -0.39 is 0 Å². The minimum absolute atomic E-state index is 0.156. The summed E-state index contributed by atoms with van der Waals surface area (Å²) in [6.45, 7) is 4.98. The van der Waals surface area contributed by atoms with Crippen molar-refractivity contribution in [1.29, 1.82) is 0 Å². The maximum absolute atomic E-state index is 11.5. The number of nitro groups is 1. The summed E-state index contributed by atoms with van der Waals surface area (Å²) in [7, 11) is 1.78. The highest BCUT2D eigenvalue weighted by molar-refractivity contribution is 5.61. The van der Waals surface area contributed by atoms with Crippen molar-refractivity contribution in [3.8, 4) is 0 Å². The molecule has 0 saturated carbocycles. The predicted molar refractivity (Wildman–Crippen MR) is 89.4 cm³/mol. The fourth-order valence-corrected chi connectivity index (χ4v) is 3.63. The van der Waals surface area contributed by atoms with Gasteiger partial charge < -0.3 is 14.4 Å². The van der Waals surface area contributed by atoms with Crippen LogP contribution in [0.5, 0.6) is 0 Å². The van der Waals surface area contributed by atoms with Gasteiger partial charge in [0.15, 0.2) is 0 Å². The Morgan fingerprint density at radius 2 is 1.88 bits per heavy atom. The third-order valence-electron chi connectivity index (χ3n) is 4.87. The number of rotatable bonds is 5. The van der Waals surface area contributed by atoms with Crippen molar-refractivity contribution in [2.75, 3.05) is 31.2 Å². The Hall–Kier alpha value is -1.67. The average Bonchev–Trinajstić information content (AvgIpc) is 2.93. The second kappa shape index (κ2) is 7.48. The molecule has 0 unspecified atom stereocenters. The van der Waals surface area contributed by atoms with Crippen LogP contribution in [0.2, 0.25) is 0 Å². The SMILES string of the molecule is CCc1nn(C)c(N2CCC(OC3CCOCC3)CC2)c1[N+](=O)[O-]. The van der Waals surface area contributed by atoms with Crippen molar-refractivity contribution in [3.05, 3.63) is 15.8 Å². The summed E-state index contributed by atoms with van der Waals surface area (Å²) in [5, 5.41) is 15.8. The van der Waals surface area contributed by atoms with Gasteiger partial charge in [-0.1, -0.05) is 6.92 Å². The molecule has 0 atom stereocenters. The Labute approximate surface area is 141 Å². The molecule has 2 fully saturated rings. The van der Waals surface area contributed by atoms with E-state index in [1.165, 1.54) is 0 Å². The molecular formula is C16H26N4O4. The number of hydrogen-bond donors (Lipinski definition) is 0. The fourth-order valence-electron chi connectivity index (χ4n) is 3.63. The third-order valence-corrected chi connectivity index (χ3v) is 4.87. The number of aromatic nitrogens is 2. The number of piperidine rings is 1. The topological polar surface area (TPSA) is 82.7 Å². The van der Waals surface area contributed by atoms with Gasteiger partial charge in [-0.3, -0.25) is 10.1 Å². The van der Waals surface area contributed by atoms with Gasteiger partial charge in [0.05, 0.1) is 17.1 Å². The van der Waals surface area contributed by atoms with Crippen LogP contribution in [0.25, 0.3) is 0 Å². The van der Waals surface area contributed by atoms with Gasteiger partial charge in [0.2, 0.25) is 5.82 Å². The van der Waals surface area contributed by atoms with Gasteiger partial charge in [-0.05, 0) is 32.1 Å². The zero-order valence-electron chi connectivity index (χ0n) is 14.4. The first-order chi connectivity index (χ1) is 11.6. The van der Waals surface area contributed by atoms with E-state index >= 15 is 0 Å². The number of anilines is 1. The van der Waals surface area contributed by atoms with Gasteiger partial charge in [0, 0.05) is 33.4 Å². The predicted octanol–water partition coefficient (Wildman–Crippen LogP) is 2.06. The Balaban J connectivity index is 1.64. The number of aryl methyl sites for hydroxylation is 2. The molecule has 8 nitrogen and oxygen atoms in total. The summed E-state index contributed by atoms with van der Waals surface area (Å²) in [5.74, 6) is 0.626. The van der Waals surface area contributed by atoms with Crippen LogP contribution in [-0.2, 0) is 22.9 Å². The van der Waals surface area contributed by atoms with Crippen LogP contribution in [0.4, 0.5) is 11.5 Å². The monoisotopic (exact) mass is 338 g/mol. The highest BCUT2D eigenvalue weighted by Crippen LogP contribution is 2.34. The Kier molecular flexibility index (Phi) is 5.35. The summed E-state index contributed by atoms with van der Waals surface area (Å²) in [5.41, 5.74) is 0.710. The van der Waals surface area contributed by atoms with Crippen LogP contribution in [0.15, 0.2) is 0 Å². The van der Waals surface area contributed by atoms with Crippen molar-refractivity contribution in [1.82, 2.24) is 9.78 Å². The van der Waals surface area contributed by atoms with E-state index in [2.05, 4.69) is 10.00 Å². The Morgan fingerprint density at radius 1 is 1.25 bits per heavy atom. The molecular weight excluding hydrogens is 312 g/mol. The van der Waals surface area contributed by atoms with Gasteiger partial charge in [0.1, 0.15) is 5.69 Å². The second-order valence-corrected chi connectivity index (χ2v) is 6.49. The smallest absolute Gasteiger partial charge is 0.334 e. The van der Waals surface area contributed by atoms with E-state index in [1.807, 2.05) is 6.92 Å². The molecule has 3 heterocycles. The van der Waals surface area contributed by atoms with Crippen LogP contribution < -0.4 is 4.90 Å². The molecule has 3 rings (SSSR count). The fraction of sp³-hybridized carbons (Fsp3) is 0.812. The summed E-state index contributed by atoms with van der Waals surface area (Å²) in [6, 6.07) is 0. The molecule has 0 radical (unpaired) electrons. The molecule has 0 spiro atoms. The molecule has 0 aliphatic carbocycles. The van der Waals surface area contributed by atoms with E-state index in [9.17, 15) is 10.1 Å². The normalized spacial score (nSPS) is 20.5. The van der Waals surface area contributed by atoms with Crippen molar-refractivity contribution in [2.24, 2.45) is 7.05 Å². The molecule has 2 aliphatic rings. The number of nitrogens with zero attached hydrogens (tertiary/aromatic N) is 4. The zero-order chi connectivity index (χ0) is 17.1. The molecule has 0 aromatic carbocycles. The van der Waals surface area contributed by atoms with Crippen LogP contribution in [0, 0.1) is 10.1 Å². The molecule has 2 aliphatic heterocycles. The molecule has 0 N–H and O–H groups in total. The standard InChI is InChI=1S/C16H26N4O4/c1-3-14-15(20(21)22)16(18(2)17-14)19-8-4-12(5-9-19)24-13-6-10-23-11-7-13/h12-13H,3-11H2,1-2H3. The van der Waals surface area contributed by atoms with E-state index in [-0.39, 0.29) is 16.7 Å². The first-order valence-corrected chi connectivity index (χ1v) is 8.78. The van der Waals surface area contributed by atoms with Crippen molar-refractivity contribution in [3.63, 3.8) is 0 Å². The summed E-state index contributed by atoms with van der Waals surface area (Å²) in [4.78, 5) is 13.3. The van der Waals surface area contributed by atoms with E-state index in [4.69, 9.17) is 9.47 Å². The minimum atomic E-state index is -0.300. The van der Waals surface area contributed by atoms with E-state index in [0.717, 1.165) is 52.0 Å². The third kappa shape index (κ3) is 3.54. The molecule has 0 bridgehead atoms. The van der Waals surface area contributed by atoms with Crippen molar-refractivity contribution in [2.45, 2.75) is 51.2 Å². The van der Waals surface area contributed by atoms with Crippen LogP contribution >= 0.6 is 0 Å². The van der Waals surface area contributed by atoms with Crippen LogP contribution in [-0.4, -0.2) is 53.2 Å². The lowest BCUT2D eigenvalue weighted by atomic mass is 10.1. The van der Waals surface area contributed by atoms with E-state index in [0.29, 0.717) is 24.0 Å². The lowest BCUT2D eigenvalue weighted by Gasteiger charge is -2.35. The van der Waals surface area contributed by atoms with E-state index in [1.54, 1.807) is 11.7 Å². The summed E-state index contributed by atoms with van der Waals surface area (Å²) < 4.78 is 13.2. The molecule has 8 heteroatoms. The molecule has 1 aromatic heterocycles. The first-order valence-electron chi connectivity index (χ1n) is 8.78. The maximum Gasteiger partial charge on any atom is 0.334 e. The Morgan fingerprint density at radius 3 is 2.46 bits per heavy atom. The quantitative estimate of drug-likeness (QED) is 0.604. The van der Waals surface area contributed by atoms with Gasteiger partial charge in [-0.2, -0.15) is 5.10 Å². The summed E-state index contributed by atoms with van der Waals surface area (Å²) >= 11 is 0. The maximum atomic E-state index is 11.5. The lowest BCUT2D eigenvalue weighted by Crippen LogP contribution is -2.40. The highest BCUT2D eigenvalue weighted by Gasteiger charge is 2.32. The van der Waals surface area contributed by atoms with Crippen LogP contribution in [0.3, 0.4) is 0 Å². The molecule has 1 aromatic rings. The number of ether oxygens (including phenoxy) is 2. The van der Waals surface area contributed by atoms with Crippen molar-refractivity contribution < 1.29 is 14.4 Å². The van der Waals surface area contributed by atoms with Crippen molar-refractivity contribution >= 4 is 11.5 Å². The first kappa shape index (κ1) is 17.2. The average molecular weight is 338 g/mol.